The Morgan fingerprint density at radius 3 is 2.61 bits per heavy atom. The van der Waals surface area contributed by atoms with Gasteiger partial charge in [0.15, 0.2) is 0 Å². The van der Waals surface area contributed by atoms with E-state index in [4.69, 9.17) is 15.2 Å². The zero-order valence-corrected chi connectivity index (χ0v) is 23.3. The standard InChI is InChI=1S/C31H35F2N5O3/c1-18-11-19(12-28(34)31(18,2)39)24-5-8-35-16-20(24)13-29-36-17-21-3-4-27(37-38(21)29)30-25(32)14-23(15-26(30)33)41-22-6-9-40-10-7-22/h3-5,8,14-19,22,28,39H,6-7,9-13,34H2,1-2H3/t18-,19+,28+,31+/m0/s1. The molecule has 1 saturated heterocycles. The molecule has 1 aromatic carbocycles. The number of imidazole rings is 1. The second kappa shape index (κ2) is 11.1. The van der Waals surface area contributed by atoms with E-state index in [1.165, 1.54) is 12.1 Å². The number of pyridine rings is 1. The van der Waals surface area contributed by atoms with Crippen LogP contribution in [0.1, 0.15) is 62.4 Å². The van der Waals surface area contributed by atoms with Gasteiger partial charge in [-0.3, -0.25) is 4.98 Å². The van der Waals surface area contributed by atoms with Crippen molar-refractivity contribution < 1.29 is 23.4 Å². The van der Waals surface area contributed by atoms with Gasteiger partial charge in [-0.2, -0.15) is 5.10 Å². The molecule has 2 fully saturated rings. The third-order valence-electron chi connectivity index (χ3n) is 8.85. The molecule has 2 aliphatic rings. The number of benzene rings is 1. The van der Waals surface area contributed by atoms with Crippen molar-refractivity contribution in [2.24, 2.45) is 11.7 Å². The fourth-order valence-electron chi connectivity index (χ4n) is 6.12. The maximum atomic E-state index is 15.3. The van der Waals surface area contributed by atoms with Gasteiger partial charge in [-0.25, -0.2) is 18.3 Å². The van der Waals surface area contributed by atoms with Gasteiger partial charge in [-0.1, -0.05) is 6.92 Å². The Hall–Kier alpha value is -3.47. The van der Waals surface area contributed by atoms with Crippen LogP contribution in [-0.4, -0.2) is 55.6 Å². The second-order valence-electron chi connectivity index (χ2n) is 11.6. The molecular formula is C31H35F2N5O3. The molecule has 4 heterocycles. The van der Waals surface area contributed by atoms with Crippen molar-refractivity contribution in [3.8, 4) is 17.0 Å². The molecule has 0 amide bonds. The van der Waals surface area contributed by atoms with Crippen LogP contribution in [0.3, 0.4) is 0 Å². The summed E-state index contributed by atoms with van der Waals surface area (Å²) in [6.07, 6.45) is 8.39. The molecule has 1 aliphatic carbocycles. The molecule has 4 atom stereocenters. The minimum absolute atomic E-state index is 0.0343. The maximum absolute atomic E-state index is 15.3. The zero-order chi connectivity index (χ0) is 28.7. The van der Waals surface area contributed by atoms with Gasteiger partial charge in [0.2, 0.25) is 0 Å². The minimum atomic E-state index is -0.914. The van der Waals surface area contributed by atoms with E-state index in [0.29, 0.717) is 50.2 Å². The smallest absolute Gasteiger partial charge is 0.139 e. The highest BCUT2D eigenvalue weighted by Gasteiger charge is 2.42. The van der Waals surface area contributed by atoms with E-state index < -0.39 is 17.2 Å². The molecule has 4 aromatic rings. The predicted molar refractivity (Wildman–Crippen MR) is 150 cm³/mol. The lowest BCUT2D eigenvalue weighted by Gasteiger charge is -2.44. The Labute approximate surface area is 237 Å². The van der Waals surface area contributed by atoms with Gasteiger partial charge in [0.25, 0.3) is 0 Å². The average Bonchev–Trinajstić information content (AvgIpc) is 3.34. The summed E-state index contributed by atoms with van der Waals surface area (Å²) in [6, 6.07) is 7.43. The highest BCUT2D eigenvalue weighted by atomic mass is 19.1. The van der Waals surface area contributed by atoms with Crippen LogP contribution in [-0.2, 0) is 11.2 Å². The Balaban J connectivity index is 1.28. The third-order valence-corrected chi connectivity index (χ3v) is 8.85. The first-order valence-electron chi connectivity index (χ1n) is 14.2. The molecule has 0 radical (unpaired) electrons. The van der Waals surface area contributed by atoms with Crippen LogP contribution in [0.4, 0.5) is 8.78 Å². The van der Waals surface area contributed by atoms with E-state index in [1.54, 1.807) is 29.0 Å². The summed E-state index contributed by atoms with van der Waals surface area (Å²) in [5.74, 6) is -0.508. The van der Waals surface area contributed by atoms with Crippen molar-refractivity contribution in [3.05, 3.63) is 77.5 Å². The molecule has 6 rings (SSSR count). The highest BCUT2D eigenvalue weighted by Crippen LogP contribution is 2.42. The van der Waals surface area contributed by atoms with Crippen LogP contribution in [0.15, 0.2) is 48.9 Å². The van der Waals surface area contributed by atoms with Crippen LogP contribution >= 0.6 is 0 Å². The first kappa shape index (κ1) is 27.7. The summed E-state index contributed by atoms with van der Waals surface area (Å²) < 4.78 is 43.3. The van der Waals surface area contributed by atoms with Gasteiger partial charge in [0, 0.05) is 49.8 Å². The Morgan fingerprint density at radius 1 is 1.12 bits per heavy atom. The molecular weight excluding hydrogens is 528 g/mol. The van der Waals surface area contributed by atoms with Crippen molar-refractivity contribution in [3.63, 3.8) is 0 Å². The number of aliphatic hydroxyl groups is 1. The Morgan fingerprint density at radius 2 is 1.88 bits per heavy atom. The number of aromatic nitrogens is 4. The molecule has 3 N–H and O–H groups in total. The molecule has 0 unspecified atom stereocenters. The number of hydrogen-bond donors (Lipinski definition) is 2. The Bertz CT molecular complexity index is 1520. The minimum Gasteiger partial charge on any atom is -0.490 e. The number of nitrogens with zero attached hydrogens (tertiary/aromatic N) is 4. The average molecular weight is 564 g/mol. The van der Waals surface area contributed by atoms with Crippen LogP contribution < -0.4 is 10.5 Å². The summed E-state index contributed by atoms with van der Waals surface area (Å²) in [4.78, 5) is 8.93. The summed E-state index contributed by atoms with van der Waals surface area (Å²) in [7, 11) is 0. The lowest BCUT2D eigenvalue weighted by molar-refractivity contribution is -0.0464. The van der Waals surface area contributed by atoms with Crippen molar-refractivity contribution in [1.82, 2.24) is 19.6 Å². The maximum Gasteiger partial charge on any atom is 0.139 e. The molecule has 216 valence electrons. The monoisotopic (exact) mass is 563 g/mol. The Kier molecular flexibility index (Phi) is 7.48. The highest BCUT2D eigenvalue weighted by molar-refractivity contribution is 5.64. The number of rotatable bonds is 6. The zero-order valence-electron chi connectivity index (χ0n) is 23.3. The molecule has 10 heteroatoms. The second-order valence-corrected chi connectivity index (χ2v) is 11.6. The number of halogens is 2. The van der Waals surface area contributed by atoms with Gasteiger partial charge < -0.3 is 20.3 Å². The summed E-state index contributed by atoms with van der Waals surface area (Å²) in [6.45, 7) is 4.98. The molecule has 0 spiro atoms. The van der Waals surface area contributed by atoms with E-state index >= 15 is 8.78 Å². The fourth-order valence-corrected chi connectivity index (χ4v) is 6.12. The largest absolute Gasteiger partial charge is 0.490 e. The summed E-state index contributed by atoms with van der Waals surface area (Å²) >= 11 is 0. The molecule has 1 aliphatic heterocycles. The van der Waals surface area contributed by atoms with E-state index in [-0.39, 0.29) is 41.0 Å². The predicted octanol–water partition coefficient (Wildman–Crippen LogP) is 4.81. The first-order valence-corrected chi connectivity index (χ1v) is 14.2. The topological polar surface area (TPSA) is 108 Å². The van der Waals surface area contributed by atoms with Gasteiger partial charge in [0.05, 0.1) is 41.8 Å². The van der Waals surface area contributed by atoms with Crippen molar-refractivity contribution in [1.29, 1.82) is 0 Å². The SMILES string of the molecule is C[C@H]1C[C@@H](c2ccncc2Cc2ncc3ccc(-c4c(F)cc(OC5CCOCC5)cc4F)nn23)C[C@@H](N)[C@]1(C)O. The lowest BCUT2D eigenvalue weighted by Crippen LogP contribution is -2.54. The number of ether oxygens (including phenoxy) is 2. The third kappa shape index (κ3) is 5.43. The van der Waals surface area contributed by atoms with E-state index in [9.17, 15) is 5.11 Å². The summed E-state index contributed by atoms with van der Waals surface area (Å²) in [5, 5.41) is 15.4. The van der Waals surface area contributed by atoms with Gasteiger partial charge in [-0.05, 0) is 60.9 Å². The molecule has 0 bridgehead atoms. The summed E-state index contributed by atoms with van der Waals surface area (Å²) in [5.41, 5.74) is 8.20. The molecule has 41 heavy (non-hydrogen) atoms. The number of hydrogen-bond acceptors (Lipinski definition) is 7. The molecule has 1 saturated carbocycles. The van der Waals surface area contributed by atoms with E-state index in [0.717, 1.165) is 17.5 Å². The quantitative estimate of drug-likeness (QED) is 0.347. The lowest BCUT2D eigenvalue weighted by atomic mass is 9.67. The fraction of sp³-hybridized carbons (Fsp3) is 0.452. The van der Waals surface area contributed by atoms with Crippen molar-refractivity contribution in [2.75, 3.05) is 13.2 Å². The van der Waals surface area contributed by atoms with Crippen LogP contribution in [0, 0.1) is 17.6 Å². The number of nitrogens with two attached hydrogens (primary N) is 1. The first-order chi connectivity index (χ1) is 19.7. The number of fused-ring (bicyclic) bond motifs is 1. The van der Waals surface area contributed by atoms with Gasteiger partial charge in [0.1, 0.15) is 29.3 Å². The van der Waals surface area contributed by atoms with Gasteiger partial charge in [-0.15, -0.1) is 0 Å². The van der Waals surface area contributed by atoms with Gasteiger partial charge >= 0.3 is 0 Å². The molecule has 8 nitrogen and oxygen atoms in total. The van der Waals surface area contributed by atoms with Crippen LogP contribution in [0.5, 0.6) is 5.75 Å². The molecule has 3 aromatic heterocycles. The van der Waals surface area contributed by atoms with E-state index in [2.05, 4.69) is 15.1 Å². The van der Waals surface area contributed by atoms with Crippen LogP contribution in [0.25, 0.3) is 16.8 Å². The van der Waals surface area contributed by atoms with Crippen molar-refractivity contribution >= 4 is 5.52 Å². The van der Waals surface area contributed by atoms with Crippen molar-refractivity contribution in [2.45, 2.75) is 69.6 Å². The van der Waals surface area contributed by atoms with Crippen LogP contribution in [0.2, 0.25) is 0 Å². The normalized spacial score (nSPS) is 25.5. The van der Waals surface area contributed by atoms with E-state index in [1.807, 2.05) is 26.1 Å².